The van der Waals surface area contributed by atoms with Crippen molar-refractivity contribution < 1.29 is 13.5 Å². The summed E-state index contributed by atoms with van der Waals surface area (Å²) in [4.78, 5) is 0. The van der Waals surface area contributed by atoms with Crippen LogP contribution in [0.1, 0.15) is 19.3 Å². The molecule has 1 aromatic rings. The van der Waals surface area contributed by atoms with E-state index in [1.807, 2.05) is 0 Å². The van der Waals surface area contributed by atoms with Crippen molar-refractivity contribution in [1.82, 2.24) is 0 Å². The van der Waals surface area contributed by atoms with Gasteiger partial charge in [0.25, 0.3) is 0 Å². The van der Waals surface area contributed by atoms with Crippen LogP contribution in [0.25, 0.3) is 0 Å². The molecule has 76 valence electrons. The van der Waals surface area contributed by atoms with E-state index < -0.39 is 11.6 Å². The van der Waals surface area contributed by atoms with Crippen molar-refractivity contribution in [2.75, 3.05) is 5.73 Å². The minimum Gasteiger partial charge on any atom is -0.488 e. The topological polar surface area (TPSA) is 35.2 Å². The zero-order valence-corrected chi connectivity index (χ0v) is 7.59. The molecule has 0 unspecified atom stereocenters. The highest BCUT2D eigenvalue weighted by atomic mass is 19.2. The Bertz CT molecular complexity index is 350. The van der Waals surface area contributed by atoms with Gasteiger partial charge in [-0.15, -0.1) is 0 Å². The van der Waals surface area contributed by atoms with E-state index in [1.54, 1.807) is 0 Å². The molecule has 4 heteroatoms. The van der Waals surface area contributed by atoms with Gasteiger partial charge in [-0.2, -0.15) is 0 Å². The zero-order valence-electron chi connectivity index (χ0n) is 7.59. The van der Waals surface area contributed by atoms with Gasteiger partial charge in [0.05, 0.1) is 11.8 Å². The van der Waals surface area contributed by atoms with Gasteiger partial charge in [-0.25, -0.2) is 8.78 Å². The lowest BCUT2D eigenvalue weighted by Crippen LogP contribution is -2.25. The quantitative estimate of drug-likeness (QED) is 0.742. The first kappa shape index (κ1) is 9.24. The summed E-state index contributed by atoms with van der Waals surface area (Å²) < 4.78 is 30.9. The van der Waals surface area contributed by atoms with E-state index in [0.717, 1.165) is 31.4 Å². The average Bonchev–Trinajstić information content (AvgIpc) is 2.06. The Morgan fingerprint density at radius 1 is 1.21 bits per heavy atom. The van der Waals surface area contributed by atoms with Gasteiger partial charge in [-0.1, -0.05) is 0 Å². The maximum atomic E-state index is 12.8. The molecule has 0 amide bonds. The van der Waals surface area contributed by atoms with Gasteiger partial charge < -0.3 is 10.5 Å². The summed E-state index contributed by atoms with van der Waals surface area (Å²) in [5.41, 5.74) is 5.63. The van der Waals surface area contributed by atoms with E-state index in [4.69, 9.17) is 10.5 Å². The minimum atomic E-state index is -0.941. The Morgan fingerprint density at radius 3 is 2.43 bits per heavy atom. The first-order valence-corrected chi connectivity index (χ1v) is 4.58. The lowest BCUT2D eigenvalue weighted by atomic mass is 9.96. The second kappa shape index (κ2) is 3.44. The third-order valence-corrected chi connectivity index (χ3v) is 2.40. The first-order valence-electron chi connectivity index (χ1n) is 4.58. The van der Waals surface area contributed by atoms with Crippen molar-refractivity contribution in [2.24, 2.45) is 0 Å². The van der Waals surface area contributed by atoms with Crippen LogP contribution in [0.2, 0.25) is 0 Å². The molecule has 1 aromatic carbocycles. The smallest absolute Gasteiger partial charge is 0.162 e. The molecule has 0 atom stereocenters. The lowest BCUT2D eigenvalue weighted by Gasteiger charge is -2.26. The summed E-state index contributed by atoms with van der Waals surface area (Å²) in [6, 6.07) is 1.95. The average molecular weight is 199 g/mol. The molecule has 0 aromatic heterocycles. The molecule has 0 bridgehead atoms. The third kappa shape index (κ3) is 1.64. The number of benzene rings is 1. The predicted octanol–water partition coefficient (Wildman–Crippen LogP) is 2.48. The van der Waals surface area contributed by atoms with Gasteiger partial charge in [0, 0.05) is 12.1 Å². The molecular formula is C10H11F2NO. The summed E-state index contributed by atoms with van der Waals surface area (Å²) in [6.45, 7) is 0. The van der Waals surface area contributed by atoms with Gasteiger partial charge in [-0.05, 0) is 19.3 Å². The third-order valence-electron chi connectivity index (χ3n) is 2.40. The Hall–Kier alpha value is -1.32. The maximum absolute atomic E-state index is 12.8. The van der Waals surface area contributed by atoms with Crippen LogP contribution in [-0.4, -0.2) is 6.10 Å². The number of anilines is 1. The molecule has 2 N–H and O–H groups in total. The molecule has 0 spiro atoms. The van der Waals surface area contributed by atoms with Crippen LogP contribution in [0.5, 0.6) is 5.75 Å². The molecule has 0 heterocycles. The zero-order chi connectivity index (χ0) is 10.1. The van der Waals surface area contributed by atoms with Gasteiger partial charge in [0.1, 0.15) is 5.75 Å². The summed E-state index contributed by atoms with van der Waals surface area (Å²) in [5, 5.41) is 0. The number of nitrogen functional groups attached to an aromatic ring is 1. The van der Waals surface area contributed by atoms with Crippen molar-refractivity contribution in [3.8, 4) is 5.75 Å². The number of nitrogens with two attached hydrogens (primary N) is 1. The maximum Gasteiger partial charge on any atom is 0.162 e. The standard InChI is InChI=1S/C10H11F2NO/c11-7-4-9(13)10(5-8(7)12)14-6-2-1-3-6/h4-6H,1-3,13H2. The fraction of sp³-hybridized carbons (Fsp3) is 0.400. The molecule has 0 saturated heterocycles. The molecule has 1 fully saturated rings. The van der Waals surface area contributed by atoms with Crippen molar-refractivity contribution in [1.29, 1.82) is 0 Å². The number of halogens is 2. The second-order valence-electron chi connectivity index (χ2n) is 3.47. The van der Waals surface area contributed by atoms with Gasteiger partial charge in [-0.3, -0.25) is 0 Å². The Labute approximate surface area is 80.7 Å². The van der Waals surface area contributed by atoms with Crippen molar-refractivity contribution in [3.63, 3.8) is 0 Å². The van der Waals surface area contributed by atoms with Crippen molar-refractivity contribution >= 4 is 5.69 Å². The van der Waals surface area contributed by atoms with Gasteiger partial charge in [0.15, 0.2) is 11.6 Å². The van der Waals surface area contributed by atoms with Gasteiger partial charge in [0.2, 0.25) is 0 Å². The Morgan fingerprint density at radius 2 is 1.86 bits per heavy atom. The molecule has 2 rings (SSSR count). The molecule has 2 nitrogen and oxygen atoms in total. The number of rotatable bonds is 2. The summed E-state index contributed by atoms with van der Waals surface area (Å²) >= 11 is 0. The van der Waals surface area contributed by atoms with E-state index in [2.05, 4.69) is 0 Å². The van der Waals surface area contributed by atoms with Crippen LogP contribution in [-0.2, 0) is 0 Å². The summed E-state index contributed by atoms with van der Waals surface area (Å²) in [7, 11) is 0. The van der Waals surface area contributed by atoms with Crippen LogP contribution in [0.4, 0.5) is 14.5 Å². The Balaban J connectivity index is 2.19. The largest absolute Gasteiger partial charge is 0.488 e. The van der Waals surface area contributed by atoms with E-state index >= 15 is 0 Å². The number of hydrogen-bond donors (Lipinski definition) is 1. The fourth-order valence-electron chi connectivity index (χ4n) is 1.31. The molecule has 1 aliphatic rings. The van der Waals surface area contributed by atoms with E-state index in [1.165, 1.54) is 0 Å². The lowest BCUT2D eigenvalue weighted by molar-refractivity contribution is 0.120. The van der Waals surface area contributed by atoms with Gasteiger partial charge >= 0.3 is 0 Å². The normalized spacial score (nSPS) is 16.4. The van der Waals surface area contributed by atoms with Crippen LogP contribution in [0.15, 0.2) is 12.1 Å². The molecule has 1 aliphatic carbocycles. The second-order valence-corrected chi connectivity index (χ2v) is 3.47. The van der Waals surface area contributed by atoms with Crippen LogP contribution in [0.3, 0.4) is 0 Å². The summed E-state index contributed by atoms with van der Waals surface area (Å²) in [5.74, 6) is -1.62. The molecule has 0 radical (unpaired) electrons. The highest BCUT2D eigenvalue weighted by Gasteiger charge is 2.20. The first-order chi connectivity index (χ1) is 6.66. The van der Waals surface area contributed by atoms with Crippen molar-refractivity contribution in [3.05, 3.63) is 23.8 Å². The highest BCUT2D eigenvalue weighted by Crippen LogP contribution is 2.30. The summed E-state index contributed by atoms with van der Waals surface area (Å²) in [6.07, 6.45) is 3.15. The fourth-order valence-corrected chi connectivity index (χ4v) is 1.31. The van der Waals surface area contributed by atoms with Crippen LogP contribution >= 0.6 is 0 Å². The van der Waals surface area contributed by atoms with E-state index in [-0.39, 0.29) is 17.5 Å². The van der Waals surface area contributed by atoms with Crippen LogP contribution < -0.4 is 10.5 Å². The molecule has 1 saturated carbocycles. The predicted molar refractivity (Wildman–Crippen MR) is 49.0 cm³/mol. The molecular weight excluding hydrogens is 188 g/mol. The number of ether oxygens (including phenoxy) is 1. The molecule has 14 heavy (non-hydrogen) atoms. The number of hydrogen-bond acceptors (Lipinski definition) is 2. The van der Waals surface area contributed by atoms with E-state index in [9.17, 15) is 8.78 Å². The molecule has 0 aliphatic heterocycles. The van der Waals surface area contributed by atoms with Crippen LogP contribution in [0, 0.1) is 11.6 Å². The SMILES string of the molecule is Nc1cc(F)c(F)cc1OC1CCC1. The van der Waals surface area contributed by atoms with E-state index in [0.29, 0.717) is 0 Å². The monoisotopic (exact) mass is 199 g/mol. The minimum absolute atomic E-state index is 0.113. The Kier molecular flexibility index (Phi) is 2.27. The highest BCUT2D eigenvalue weighted by molar-refractivity contribution is 5.52. The van der Waals surface area contributed by atoms with Crippen molar-refractivity contribution in [2.45, 2.75) is 25.4 Å².